The third kappa shape index (κ3) is 2.33. The smallest absolute Gasteiger partial charge is 0.203 e. The maximum atomic E-state index is 9.14. The van der Waals surface area contributed by atoms with Crippen LogP contribution in [0.15, 0.2) is 36.7 Å². The second-order valence-corrected chi connectivity index (χ2v) is 4.55. The van der Waals surface area contributed by atoms with Gasteiger partial charge in [0, 0.05) is 18.9 Å². The molecule has 0 saturated heterocycles. The fourth-order valence-corrected chi connectivity index (χ4v) is 2.09. The fraction of sp³-hybridized carbons (Fsp3) is 0.214. The van der Waals surface area contributed by atoms with Gasteiger partial charge in [0.1, 0.15) is 5.82 Å². The zero-order valence-corrected chi connectivity index (χ0v) is 11.1. The number of aromatic nitrogens is 4. The molecule has 0 spiro atoms. The van der Waals surface area contributed by atoms with E-state index in [1.165, 1.54) is 0 Å². The van der Waals surface area contributed by atoms with Gasteiger partial charge in [-0.3, -0.25) is 4.40 Å². The summed E-state index contributed by atoms with van der Waals surface area (Å²) >= 11 is 0. The maximum Gasteiger partial charge on any atom is 0.203 e. The Bertz CT molecular complexity index is 737. The van der Waals surface area contributed by atoms with Gasteiger partial charge in [0.2, 0.25) is 5.65 Å². The van der Waals surface area contributed by atoms with Gasteiger partial charge < -0.3 is 10.4 Å². The van der Waals surface area contributed by atoms with Crippen molar-refractivity contribution in [1.82, 2.24) is 19.6 Å². The SMILES string of the molecule is Cc1nnc2c(NCc3cccc(CO)c3)nccn12. The second-order valence-electron chi connectivity index (χ2n) is 4.55. The van der Waals surface area contributed by atoms with E-state index in [4.69, 9.17) is 5.11 Å². The van der Waals surface area contributed by atoms with E-state index >= 15 is 0 Å². The Morgan fingerprint density at radius 1 is 1.25 bits per heavy atom. The van der Waals surface area contributed by atoms with E-state index in [0.29, 0.717) is 18.0 Å². The predicted octanol–water partition coefficient (Wildman–Crippen LogP) is 1.54. The van der Waals surface area contributed by atoms with Crippen molar-refractivity contribution in [3.05, 3.63) is 53.6 Å². The van der Waals surface area contributed by atoms with E-state index in [1.807, 2.05) is 41.8 Å². The molecule has 3 aromatic rings. The molecule has 0 atom stereocenters. The summed E-state index contributed by atoms with van der Waals surface area (Å²) in [6, 6.07) is 7.78. The van der Waals surface area contributed by atoms with Crippen LogP contribution in [0.3, 0.4) is 0 Å². The monoisotopic (exact) mass is 269 g/mol. The quantitative estimate of drug-likeness (QED) is 0.751. The Morgan fingerprint density at radius 3 is 2.95 bits per heavy atom. The Balaban J connectivity index is 1.83. The van der Waals surface area contributed by atoms with Crippen LogP contribution < -0.4 is 5.32 Å². The molecule has 1 aromatic carbocycles. The van der Waals surface area contributed by atoms with E-state index in [-0.39, 0.29) is 6.61 Å². The topological polar surface area (TPSA) is 75.3 Å². The first-order valence-corrected chi connectivity index (χ1v) is 6.37. The third-order valence-electron chi connectivity index (χ3n) is 3.13. The molecule has 20 heavy (non-hydrogen) atoms. The molecule has 2 heterocycles. The number of rotatable bonds is 4. The van der Waals surface area contributed by atoms with E-state index in [9.17, 15) is 0 Å². The van der Waals surface area contributed by atoms with Gasteiger partial charge in [-0.1, -0.05) is 24.3 Å². The number of fused-ring (bicyclic) bond motifs is 1. The van der Waals surface area contributed by atoms with Crippen LogP contribution in [0.25, 0.3) is 5.65 Å². The van der Waals surface area contributed by atoms with Crippen LogP contribution in [0, 0.1) is 6.92 Å². The van der Waals surface area contributed by atoms with Crippen molar-refractivity contribution in [2.24, 2.45) is 0 Å². The van der Waals surface area contributed by atoms with Gasteiger partial charge in [0.05, 0.1) is 6.61 Å². The van der Waals surface area contributed by atoms with E-state index in [0.717, 1.165) is 17.0 Å². The number of hydrogen-bond acceptors (Lipinski definition) is 5. The molecule has 2 aromatic heterocycles. The molecule has 0 aliphatic rings. The molecule has 0 saturated carbocycles. The first kappa shape index (κ1) is 12.6. The Morgan fingerprint density at radius 2 is 2.10 bits per heavy atom. The molecule has 6 nitrogen and oxygen atoms in total. The summed E-state index contributed by atoms with van der Waals surface area (Å²) in [7, 11) is 0. The third-order valence-corrected chi connectivity index (χ3v) is 3.13. The van der Waals surface area contributed by atoms with Gasteiger partial charge in [-0.25, -0.2) is 4.98 Å². The van der Waals surface area contributed by atoms with Crippen molar-refractivity contribution in [1.29, 1.82) is 0 Å². The minimum atomic E-state index is 0.0467. The molecular weight excluding hydrogens is 254 g/mol. The van der Waals surface area contributed by atoms with Gasteiger partial charge in [0.15, 0.2) is 5.82 Å². The Hall–Kier alpha value is -2.47. The standard InChI is InChI=1S/C14H15N5O/c1-10-17-18-14-13(15-5-6-19(10)14)16-8-11-3-2-4-12(7-11)9-20/h2-7,20H,8-9H2,1H3,(H,15,16). The zero-order valence-electron chi connectivity index (χ0n) is 11.1. The van der Waals surface area contributed by atoms with Crippen LogP contribution in [-0.4, -0.2) is 24.7 Å². The van der Waals surface area contributed by atoms with Crippen molar-refractivity contribution < 1.29 is 5.11 Å². The highest BCUT2D eigenvalue weighted by Gasteiger charge is 2.07. The summed E-state index contributed by atoms with van der Waals surface area (Å²) in [5, 5.41) is 20.5. The average Bonchev–Trinajstić information content (AvgIpc) is 2.88. The maximum absolute atomic E-state index is 9.14. The molecule has 6 heteroatoms. The average molecular weight is 269 g/mol. The van der Waals surface area contributed by atoms with Gasteiger partial charge in [-0.2, -0.15) is 0 Å². The van der Waals surface area contributed by atoms with E-state index in [2.05, 4.69) is 20.5 Å². The molecule has 0 fully saturated rings. The lowest BCUT2D eigenvalue weighted by molar-refractivity contribution is 0.281. The first-order chi connectivity index (χ1) is 9.78. The Kier molecular flexibility index (Phi) is 3.30. The van der Waals surface area contributed by atoms with E-state index in [1.54, 1.807) is 6.20 Å². The molecular formula is C14H15N5O. The zero-order chi connectivity index (χ0) is 13.9. The number of nitrogens with one attached hydrogen (secondary N) is 1. The van der Waals surface area contributed by atoms with Crippen molar-refractivity contribution in [3.8, 4) is 0 Å². The molecule has 0 radical (unpaired) electrons. The van der Waals surface area contributed by atoms with Crippen molar-refractivity contribution in [2.45, 2.75) is 20.1 Å². The fourth-order valence-electron chi connectivity index (χ4n) is 2.09. The van der Waals surface area contributed by atoms with Crippen molar-refractivity contribution in [2.75, 3.05) is 5.32 Å². The van der Waals surface area contributed by atoms with Crippen LogP contribution in [0.5, 0.6) is 0 Å². The number of hydrogen-bond donors (Lipinski definition) is 2. The van der Waals surface area contributed by atoms with Crippen LogP contribution in [0.2, 0.25) is 0 Å². The Labute approximate surface area is 116 Å². The largest absolute Gasteiger partial charge is 0.392 e. The molecule has 102 valence electrons. The number of aliphatic hydroxyl groups excluding tert-OH is 1. The number of anilines is 1. The summed E-state index contributed by atoms with van der Waals surface area (Å²) < 4.78 is 1.89. The molecule has 0 amide bonds. The van der Waals surface area contributed by atoms with Gasteiger partial charge in [0.25, 0.3) is 0 Å². The summed E-state index contributed by atoms with van der Waals surface area (Å²) in [6.07, 6.45) is 3.55. The molecule has 2 N–H and O–H groups in total. The molecule has 3 rings (SSSR count). The molecule has 0 aliphatic heterocycles. The van der Waals surface area contributed by atoms with Crippen molar-refractivity contribution >= 4 is 11.5 Å². The molecule has 0 aliphatic carbocycles. The lowest BCUT2D eigenvalue weighted by Gasteiger charge is -2.07. The normalized spacial score (nSPS) is 10.9. The minimum Gasteiger partial charge on any atom is -0.392 e. The van der Waals surface area contributed by atoms with Crippen LogP contribution in [0.4, 0.5) is 5.82 Å². The van der Waals surface area contributed by atoms with Crippen LogP contribution in [0.1, 0.15) is 17.0 Å². The number of nitrogens with zero attached hydrogens (tertiary/aromatic N) is 4. The lowest BCUT2D eigenvalue weighted by Crippen LogP contribution is -2.04. The highest BCUT2D eigenvalue weighted by molar-refractivity contribution is 5.62. The summed E-state index contributed by atoms with van der Waals surface area (Å²) in [6.45, 7) is 2.56. The van der Waals surface area contributed by atoms with Gasteiger partial charge in [-0.15, -0.1) is 10.2 Å². The molecule has 0 bridgehead atoms. The number of benzene rings is 1. The highest BCUT2D eigenvalue weighted by Crippen LogP contribution is 2.14. The predicted molar refractivity (Wildman–Crippen MR) is 75.2 cm³/mol. The van der Waals surface area contributed by atoms with Crippen LogP contribution in [-0.2, 0) is 13.2 Å². The summed E-state index contributed by atoms with van der Waals surface area (Å²) in [5.74, 6) is 1.52. The van der Waals surface area contributed by atoms with E-state index < -0.39 is 0 Å². The molecule has 0 unspecified atom stereocenters. The summed E-state index contributed by atoms with van der Waals surface area (Å²) in [5.41, 5.74) is 2.69. The first-order valence-electron chi connectivity index (χ1n) is 6.37. The summed E-state index contributed by atoms with van der Waals surface area (Å²) in [4.78, 5) is 4.29. The number of aliphatic hydroxyl groups is 1. The number of aryl methyl sites for hydroxylation is 1. The minimum absolute atomic E-state index is 0.0467. The van der Waals surface area contributed by atoms with Gasteiger partial charge in [-0.05, 0) is 18.1 Å². The lowest BCUT2D eigenvalue weighted by atomic mass is 10.1. The second kappa shape index (κ2) is 5.26. The highest BCUT2D eigenvalue weighted by atomic mass is 16.3. The van der Waals surface area contributed by atoms with Crippen molar-refractivity contribution in [3.63, 3.8) is 0 Å². The van der Waals surface area contributed by atoms with Gasteiger partial charge >= 0.3 is 0 Å². The van der Waals surface area contributed by atoms with Crippen LogP contribution >= 0.6 is 0 Å².